The topological polar surface area (TPSA) is 62.4 Å². The van der Waals surface area contributed by atoms with E-state index < -0.39 is 5.60 Å². The fourth-order valence-corrected chi connectivity index (χ4v) is 3.60. The lowest BCUT2D eigenvalue weighted by Crippen LogP contribution is -2.52. The summed E-state index contributed by atoms with van der Waals surface area (Å²) in [7, 11) is 0. The van der Waals surface area contributed by atoms with Gasteiger partial charge >= 0.3 is 0 Å². The number of fused-ring (bicyclic) bond motifs is 1. The minimum Gasteiger partial charge on any atom is -0.390 e. The molecule has 5 heteroatoms. The highest BCUT2D eigenvalue weighted by atomic mass is 16.5. The monoisotopic (exact) mass is 293 g/mol. The highest BCUT2D eigenvalue weighted by molar-refractivity contribution is 5.01. The zero-order chi connectivity index (χ0) is 15.1. The summed E-state index contributed by atoms with van der Waals surface area (Å²) in [6, 6.07) is 0. The van der Waals surface area contributed by atoms with Gasteiger partial charge in [-0.15, -0.1) is 0 Å². The summed E-state index contributed by atoms with van der Waals surface area (Å²) in [5.41, 5.74) is -0.493. The lowest BCUT2D eigenvalue weighted by Gasteiger charge is -2.47. The molecule has 2 fully saturated rings. The number of aliphatic hydroxyl groups is 1. The standard InChI is InChI=1S/C16H27N3O2/c1-15(2,3)14-17-13(21-18-14)11-19-9-8-16(20)7-5-4-6-12(16)10-19/h12,20H,4-11H2,1-3H3. The molecule has 0 bridgehead atoms. The quantitative estimate of drug-likeness (QED) is 0.907. The van der Waals surface area contributed by atoms with Crippen LogP contribution in [0.2, 0.25) is 0 Å². The van der Waals surface area contributed by atoms with Crippen molar-refractivity contribution in [2.75, 3.05) is 13.1 Å². The smallest absolute Gasteiger partial charge is 0.240 e. The van der Waals surface area contributed by atoms with Gasteiger partial charge < -0.3 is 9.63 Å². The van der Waals surface area contributed by atoms with Crippen LogP contribution in [-0.4, -0.2) is 38.8 Å². The van der Waals surface area contributed by atoms with Crippen LogP contribution in [0.1, 0.15) is 64.6 Å². The van der Waals surface area contributed by atoms with Crippen LogP contribution in [0.25, 0.3) is 0 Å². The highest BCUT2D eigenvalue weighted by Crippen LogP contribution is 2.40. The van der Waals surface area contributed by atoms with Gasteiger partial charge in [-0.2, -0.15) is 4.98 Å². The Balaban J connectivity index is 1.63. The summed E-state index contributed by atoms with van der Waals surface area (Å²) >= 11 is 0. The van der Waals surface area contributed by atoms with Crippen LogP contribution in [0.5, 0.6) is 0 Å². The third kappa shape index (κ3) is 3.14. The Morgan fingerprint density at radius 3 is 2.86 bits per heavy atom. The van der Waals surface area contributed by atoms with Crippen molar-refractivity contribution in [2.45, 2.75) is 70.4 Å². The molecule has 2 heterocycles. The molecule has 2 unspecified atom stereocenters. The lowest BCUT2D eigenvalue weighted by molar-refractivity contribution is -0.0979. The van der Waals surface area contributed by atoms with E-state index in [9.17, 15) is 5.11 Å². The summed E-state index contributed by atoms with van der Waals surface area (Å²) in [6.07, 6.45) is 5.41. The fourth-order valence-electron chi connectivity index (χ4n) is 3.60. The van der Waals surface area contributed by atoms with Gasteiger partial charge in [-0.25, -0.2) is 0 Å². The van der Waals surface area contributed by atoms with Crippen LogP contribution in [0.4, 0.5) is 0 Å². The second kappa shape index (κ2) is 5.36. The van der Waals surface area contributed by atoms with E-state index >= 15 is 0 Å². The van der Waals surface area contributed by atoms with Crippen LogP contribution in [-0.2, 0) is 12.0 Å². The van der Waals surface area contributed by atoms with Crippen molar-refractivity contribution in [1.29, 1.82) is 0 Å². The predicted octanol–water partition coefficient (Wildman–Crippen LogP) is 2.49. The first-order chi connectivity index (χ1) is 9.87. The van der Waals surface area contributed by atoms with Crippen LogP contribution in [0.3, 0.4) is 0 Å². The third-order valence-electron chi connectivity index (χ3n) is 5.01. The lowest BCUT2D eigenvalue weighted by atomic mass is 9.71. The molecular weight excluding hydrogens is 266 g/mol. The molecule has 1 saturated heterocycles. The summed E-state index contributed by atoms with van der Waals surface area (Å²) in [5, 5.41) is 14.8. The average Bonchev–Trinajstić information content (AvgIpc) is 2.87. The molecule has 1 aliphatic heterocycles. The van der Waals surface area contributed by atoms with Crippen molar-refractivity contribution in [3.05, 3.63) is 11.7 Å². The van der Waals surface area contributed by atoms with Gasteiger partial charge in [-0.05, 0) is 19.3 Å². The number of rotatable bonds is 2. The van der Waals surface area contributed by atoms with Crippen molar-refractivity contribution in [3.63, 3.8) is 0 Å². The summed E-state index contributed by atoms with van der Waals surface area (Å²) in [5.74, 6) is 1.87. The molecule has 0 radical (unpaired) electrons. The van der Waals surface area contributed by atoms with E-state index in [0.29, 0.717) is 18.4 Å². The molecule has 3 rings (SSSR count). The largest absolute Gasteiger partial charge is 0.390 e. The zero-order valence-corrected chi connectivity index (χ0v) is 13.4. The zero-order valence-electron chi connectivity index (χ0n) is 13.4. The fraction of sp³-hybridized carbons (Fsp3) is 0.875. The molecule has 0 amide bonds. The Kier molecular flexibility index (Phi) is 3.82. The van der Waals surface area contributed by atoms with E-state index in [0.717, 1.165) is 38.2 Å². The van der Waals surface area contributed by atoms with Gasteiger partial charge in [0, 0.05) is 24.4 Å². The number of aromatic nitrogens is 2. The molecule has 1 N–H and O–H groups in total. The molecule has 1 aromatic heterocycles. The second-order valence-electron chi connectivity index (χ2n) is 7.79. The number of hydrogen-bond donors (Lipinski definition) is 1. The van der Waals surface area contributed by atoms with E-state index in [4.69, 9.17) is 4.52 Å². The number of likely N-dealkylation sites (tertiary alicyclic amines) is 1. The molecule has 2 atom stereocenters. The minimum atomic E-state index is -0.417. The Bertz CT molecular complexity index is 494. The molecule has 21 heavy (non-hydrogen) atoms. The Labute approximate surface area is 126 Å². The molecule has 1 aromatic rings. The molecule has 2 aliphatic rings. The normalized spacial score (nSPS) is 31.1. The molecule has 118 valence electrons. The molecule has 1 aliphatic carbocycles. The second-order valence-corrected chi connectivity index (χ2v) is 7.79. The van der Waals surface area contributed by atoms with Crippen molar-refractivity contribution in [1.82, 2.24) is 15.0 Å². The van der Waals surface area contributed by atoms with Gasteiger partial charge in [0.05, 0.1) is 12.1 Å². The Hall–Kier alpha value is -0.940. The van der Waals surface area contributed by atoms with Gasteiger partial charge in [0.1, 0.15) is 0 Å². The summed E-state index contributed by atoms with van der Waals surface area (Å²) in [6.45, 7) is 8.83. The van der Waals surface area contributed by atoms with Gasteiger partial charge in [-0.1, -0.05) is 38.8 Å². The molecule has 5 nitrogen and oxygen atoms in total. The van der Waals surface area contributed by atoms with Crippen molar-refractivity contribution in [3.8, 4) is 0 Å². The van der Waals surface area contributed by atoms with Crippen molar-refractivity contribution in [2.24, 2.45) is 5.92 Å². The van der Waals surface area contributed by atoms with Gasteiger partial charge in [0.25, 0.3) is 0 Å². The Morgan fingerprint density at radius 1 is 1.33 bits per heavy atom. The maximum absolute atomic E-state index is 10.7. The molecule has 0 spiro atoms. The van der Waals surface area contributed by atoms with Crippen LogP contribution in [0, 0.1) is 5.92 Å². The predicted molar refractivity (Wildman–Crippen MR) is 79.8 cm³/mol. The maximum atomic E-state index is 10.7. The highest BCUT2D eigenvalue weighted by Gasteiger charge is 2.42. The van der Waals surface area contributed by atoms with Crippen LogP contribution in [0.15, 0.2) is 4.52 Å². The summed E-state index contributed by atoms with van der Waals surface area (Å²) < 4.78 is 5.39. The first kappa shape index (κ1) is 15.0. The molecular formula is C16H27N3O2. The Morgan fingerprint density at radius 2 is 2.14 bits per heavy atom. The van der Waals surface area contributed by atoms with Crippen LogP contribution < -0.4 is 0 Å². The van der Waals surface area contributed by atoms with E-state index in [1.165, 1.54) is 12.8 Å². The van der Waals surface area contributed by atoms with Crippen molar-refractivity contribution < 1.29 is 9.63 Å². The molecule has 1 saturated carbocycles. The van der Waals surface area contributed by atoms with Gasteiger partial charge in [-0.3, -0.25) is 4.90 Å². The average molecular weight is 293 g/mol. The van der Waals surface area contributed by atoms with E-state index in [-0.39, 0.29) is 5.41 Å². The number of hydrogen-bond acceptors (Lipinski definition) is 5. The first-order valence-corrected chi connectivity index (χ1v) is 8.15. The van der Waals surface area contributed by atoms with Crippen molar-refractivity contribution >= 4 is 0 Å². The molecule has 0 aromatic carbocycles. The van der Waals surface area contributed by atoms with Gasteiger partial charge in [0.2, 0.25) is 5.89 Å². The van der Waals surface area contributed by atoms with Gasteiger partial charge in [0.15, 0.2) is 5.82 Å². The summed E-state index contributed by atoms with van der Waals surface area (Å²) in [4.78, 5) is 6.87. The minimum absolute atomic E-state index is 0.0761. The maximum Gasteiger partial charge on any atom is 0.240 e. The SMILES string of the molecule is CC(C)(C)c1noc(CN2CCC3(O)CCCCC3C2)n1. The van der Waals surface area contributed by atoms with E-state index in [1.807, 2.05) is 0 Å². The van der Waals surface area contributed by atoms with E-state index in [2.05, 4.69) is 35.8 Å². The number of piperidine rings is 1. The third-order valence-corrected chi connectivity index (χ3v) is 5.01. The first-order valence-electron chi connectivity index (χ1n) is 8.15. The van der Waals surface area contributed by atoms with Crippen LogP contribution >= 0.6 is 0 Å². The number of nitrogens with zero attached hydrogens (tertiary/aromatic N) is 3. The van der Waals surface area contributed by atoms with E-state index in [1.54, 1.807) is 0 Å².